The van der Waals surface area contributed by atoms with Crippen LogP contribution in [0, 0.1) is 11.8 Å². The first kappa shape index (κ1) is 15.8. The molecule has 6 nitrogen and oxygen atoms in total. The maximum Gasteiger partial charge on any atom is 0.332 e. The minimum absolute atomic E-state index is 0.0133. The summed E-state index contributed by atoms with van der Waals surface area (Å²) in [7, 11) is 0. The highest BCUT2D eigenvalue weighted by atomic mass is 16.4. The topological polar surface area (TPSA) is 98.7 Å². The molecule has 19 heavy (non-hydrogen) atoms. The number of aliphatic hydroxyl groups is 1. The Bertz CT molecular complexity index is 322. The van der Waals surface area contributed by atoms with Crippen LogP contribution < -0.4 is 10.6 Å². The Morgan fingerprint density at radius 1 is 1.32 bits per heavy atom. The van der Waals surface area contributed by atoms with Crippen LogP contribution in [-0.4, -0.2) is 40.9 Å². The minimum atomic E-state index is -1.42. The molecule has 1 aliphatic rings. The molecule has 4 atom stereocenters. The van der Waals surface area contributed by atoms with Crippen molar-refractivity contribution in [3.05, 3.63) is 0 Å². The number of aliphatic carboxylic acids is 1. The van der Waals surface area contributed by atoms with E-state index >= 15 is 0 Å². The van der Waals surface area contributed by atoms with E-state index in [-0.39, 0.29) is 25.0 Å². The Morgan fingerprint density at radius 3 is 2.63 bits per heavy atom. The first-order valence-corrected chi connectivity index (χ1v) is 6.87. The van der Waals surface area contributed by atoms with Crippen molar-refractivity contribution in [2.24, 2.45) is 11.8 Å². The van der Waals surface area contributed by atoms with Gasteiger partial charge in [0.15, 0.2) is 6.10 Å². The normalized spacial score (nSPS) is 28.5. The van der Waals surface area contributed by atoms with Crippen LogP contribution in [0.2, 0.25) is 0 Å². The molecule has 1 aliphatic carbocycles. The van der Waals surface area contributed by atoms with Crippen molar-refractivity contribution >= 4 is 12.0 Å². The lowest BCUT2D eigenvalue weighted by molar-refractivity contribution is -0.146. The highest BCUT2D eigenvalue weighted by molar-refractivity contribution is 5.74. The third-order valence-electron chi connectivity index (χ3n) is 4.01. The minimum Gasteiger partial charge on any atom is -0.479 e. The fourth-order valence-electron chi connectivity index (χ4n) is 2.45. The number of carbonyl (C=O) groups excluding carboxylic acids is 1. The molecule has 110 valence electrons. The van der Waals surface area contributed by atoms with E-state index in [4.69, 9.17) is 10.2 Å². The van der Waals surface area contributed by atoms with Crippen molar-refractivity contribution < 1.29 is 19.8 Å². The number of aliphatic hydroxyl groups excluding tert-OH is 1. The summed E-state index contributed by atoms with van der Waals surface area (Å²) in [6, 6.07) is -0.114. The first-order chi connectivity index (χ1) is 8.91. The van der Waals surface area contributed by atoms with Gasteiger partial charge in [-0.25, -0.2) is 9.59 Å². The number of carboxylic acids is 1. The molecule has 1 fully saturated rings. The molecule has 0 radical (unpaired) electrons. The van der Waals surface area contributed by atoms with E-state index in [1.54, 1.807) is 0 Å². The molecule has 6 heteroatoms. The van der Waals surface area contributed by atoms with E-state index in [0.717, 1.165) is 12.8 Å². The van der Waals surface area contributed by atoms with E-state index in [9.17, 15) is 9.59 Å². The molecule has 2 amide bonds. The smallest absolute Gasteiger partial charge is 0.332 e. The SMILES string of the molecule is CC1CCCC(NC(=O)NCC[C@H](O)C(=O)O)C1C. The number of rotatable bonds is 5. The van der Waals surface area contributed by atoms with Crippen LogP contribution in [0.3, 0.4) is 0 Å². The Morgan fingerprint density at radius 2 is 2.00 bits per heavy atom. The average Bonchev–Trinajstić information content (AvgIpc) is 2.34. The second-order valence-corrected chi connectivity index (χ2v) is 5.42. The van der Waals surface area contributed by atoms with Gasteiger partial charge in [-0.1, -0.05) is 26.7 Å². The van der Waals surface area contributed by atoms with Crippen LogP contribution in [0.15, 0.2) is 0 Å². The summed E-state index contributed by atoms with van der Waals surface area (Å²) in [4.78, 5) is 22.1. The molecular formula is C13H24N2O4. The van der Waals surface area contributed by atoms with Crippen molar-refractivity contribution in [2.45, 2.75) is 51.7 Å². The summed E-state index contributed by atoms with van der Waals surface area (Å²) in [5, 5.41) is 23.1. The Labute approximate surface area is 113 Å². The molecular weight excluding hydrogens is 248 g/mol. The summed E-state index contributed by atoms with van der Waals surface area (Å²) < 4.78 is 0. The van der Waals surface area contributed by atoms with Crippen molar-refractivity contribution in [3.8, 4) is 0 Å². The second kappa shape index (κ2) is 7.33. The molecule has 0 saturated heterocycles. The fourth-order valence-corrected chi connectivity index (χ4v) is 2.45. The van der Waals surface area contributed by atoms with Gasteiger partial charge in [-0.2, -0.15) is 0 Å². The zero-order chi connectivity index (χ0) is 14.4. The largest absolute Gasteiger partial charge is 0.479 e. The van der Waals surface area contributed by atoms with Gasteiger partial charge in [0, 0.05) is 19.0 Å². The molecule has 3 unspecified atom stereocenters. The van der Waals surface area contributed by atoms with Crippen LogP contribution >= 0.6 is 0 Å². The van der Waals surface area contributed by atoms with Gasteiger partial charge in [0.25, 0.3) is 0 Å². The molecule has 4 N–H and O–H groups in total. The van der Waals surface area contributed by atoms with Crippen LogP contribution in [0.4, 0.5) is 4.79 Å². The Kier molecular flexibility index (Phi) is 6.08. The van der Waals surface area contributed by atoms with E-state index in [1.807, 2.05) is 0 Å². The number of hydrogen-bond acceptors (Lipinski definition) is 3. The molecule has 0 bridgehead atoms. The van der Waals surface area contributed by atoms with Crippen LogP contribution in [0.5, 0.6) is 0 Å². The lowest BCUT2D eigenvalue weighted by atomic mass is 9.78. The molecule has 1 saturated carbocycles. The highest BCUT2D eigenvalue weighted by Gasteiger charge is 2.28. The number of hydrogen-bond donors (Lipinski definition) is 4. The standard InChI is InChI=1S/C13H24N2O4/c1-8-4-3-5-10(9(8)2)15-13(19)14-7-6-11(16)12(17)18/h8-11,16H,3-7H2,1-2H3,(H,17,18)(H2,14,15,19)/t8?,9?,10?,11-/m0/s1. The predicted octanol–water partition coefficient (Wildman–Crippen LogP) is 0.946. The van der Waals surface area contributed by atoms with E-state index < -0.39 is 12.1 Å². The summed E-state index contributed by atoms with van der Waals surface area (Å²) in [6.07, 6.45) is 1.89. The molecule has 0 aromatic rings. The summed E-state index contributed by atoms with van der Waals surface area (Å²) >= 11 is 0. The van der Waals surface area contributed by atoms with Crippen molar-refractivity contribution in [1.82, 2.24) is 10.6 Å². The number of carboxylic acid groups (broad SMARTS) is 1. The van der Waals surface area contributed by atoms with Crippen molar-refractivity contribution in [2.75, 3.05) is 6.54 Å². The van der Waals surface area contributed by atoms with Crippen molar-refractivity contribution in [1.29, 1.82) is 0 Å². The summed E-state index contributed by atoms with van der Waals surface area (Å²) in [6.45, 7) is 4.48. The monoisotopic (exact) mass is 272 g/mol. The number of urea groups is 1. The molecule has 1 rings (SSSR count). The quantitative estimate of drug-likeness (QED) is 0.598. The van der Waals surface area contributed by atoms with Gasteiger partial charge in [0.1, 0.15) is 0 Å². The zero-order valence-electron chi connectivity index (χ0n) is 11.6. The van der Waals surface area contributed by atoms with E-state index in [1.165, 1.54) is 6.42 Å². The maximum absolute atomic E-state index is 11.7. The first-order valence-electron chi connectivity index (χ1n) is 6.87. The van der Waals surface area contributed by atoms with Crippen LogP contribution in [0.25, 0.3) is 0 Å². The molecule has 0 aromatic carbocycles. The van der Waals surface area contributed by atoms with Gasteiger partial charge in [-0.3, -0.25) is 0 Å². The predicted molar refractivity (Wildman–Crippen MR) is 70.8 cm³/mol. The summed E-state index contributed by atoms with van der Waals surface area (Å²) in [5.74, 6) is -0.214. The number of carbonyl (C=O) groups is 2. The molecule has 0 aliphatic heterocycles. The maximum atomic E-state index is 11.7. The highest BCUT2D eigenvalue weighted by Crippen LogP contribution is 2.29. The zero-order valence-corrected chi connectivity index (χ0v) is 11.6. The summed E-state index contributed by atoms with van der Waals surface area (Å²) in [5.41, 5.74) is 0. The van der Waals surface area contributed by atoms with Gasteiger partial charge in [0.05, 0.1) is 0 Å². The van der Waals surface area contributed by atoms with Crippen LogP contribution in [-0.2, 0) is 4.79 Å². The van der Waals surface area contributed by atoms with Gasteiger partial charge in [-0.05, 0) is 18.3 Å². The lowest BCUT2D eigenvalue weighted by Crippen LogP contribution is -2.48. The van der Waals surface area contributed by atoms with Gasteiger partial charge in [-0.15, -0.1) is 0 Å². The number of amides is 2. The third kappa shape index (κ3) is 5.06. The lowest BCUT2D eigenvalue weighted by Gasteiger charge is -2.34. The molecule has 0 aromatic heterocycles. The van der Waals surface area contributed by atoms with E-state index in [2.05, 4.69) is 24.5 Å². The van der Waals surface area contributed by atoms with E-state index in [0.29, 0.717) is 11.8 Å². The Hall–Kier alpha value is -1.30. The second-order valence-electron chi connectivity index (χ2n) is 5.42. The van der Waals surface area contributed by atoms with Gasteiger partial charge >= 0.3 is 12.0 Å². The van der Waals surface area contributed by atoms with Gasteiger partial charge in [0.2, 0.25) is 0 Å². The Balaban J connectivity index is 2.25. The third-order valence-corrected chi connectivity index (χ3v) is 4.01. The molecule has 0 spiro atoms. The molecule has 0 heterocycles. The van der Waals surface area contributed by atoms with Crippen LogP contribution in [0.1, 0.15) is 39.5 Å². The average molecular weight is 272 g/mol. The number of nitrogens with one attached hydrogen (secondary N) is 2. The van der Waals surface area contributed by atoms with Crippen molar-refractivity contribution in [3.63, 3.8) is 0 Å². The fraction of sp³-hybridized carbons (Fsp3) is 0.846. The van der Waals surface area contributed by atoms with Gasteiger partial charge < -0.3 is 20.8 Å².